The van der Waals surface area contributed by atoms with Crippen LogP contribution in [-0.2, 0) is 4.79 Å². The molecule has 0 saturated carbocycles. The Bertz CT molecular complexity index is 639. The highest BCUT2D eigenvalue weighted by Crippen LogP contribution is 2.36. The van der Waals surface area contributed by atoms with Gasteiger partial charge in [0.05, 0.1) is 5.69 Å². The van der Waals surface area contributed by atoms with E-state index in [1.54, 1.807) is 0 Å². The van der Waals surface area contributed by atoms with Gasteiger partial charge in [0, 0.05) is 18.9 Å². The number of Topliss-reactive ketones (excluding diaryl/α,β-unsaturated/α-hetero) is 1. The number of ketones is 1. The zero-order valence-electron chi connectivity index (χ0n) is 12.2. The van der Waals surface area contributed by atoms with Gasteiger partial charge in [0.2, 0.25) is 0 Å². The Hall–Kier alpha value is -2.31. The summed E-state index contributed by atoms with van der Waals surface area (Å²) in [5.41, 5.74) is -0.152. The first kappa shape index (κ1) is 16.1. The lowest BCUT2D eigenvalue weighted by Crippen LogP contribution is -2.25. The first-order valence-corrected chi connectivity index (χ1v) is 6.69. The Balaban J connectivity index is 2.20. The Kier molecular flexibility index (Phi) is 4.54. The first-order chi connectivity index (χ1) is 10.3. The van der Waals surface area contributed by atoms with Gasteiger partial charge in [-0.1, -0.05) is 19.9 Å². The summed E-state index contributed by atoms with van der Waals surface area (Å²) < 4.78 is 28.5. The van der Waals surface area contributed by atoms with Gasteiger partial charge in [0.1, 0.15) is 11.5 Å². The van der Waals surface area contributed by atoms with E-state index in [4.69, 9.17) is 0 Å². The molecule has 1 aromatic carbocycles. The predicted molar refractivity (Wildman–Crippen MR) is 75.3 cm³/mol. The number of benzene rings is 1. The number of carbonyl (C=O) groups excluding carboxylic acids is 1. The maximum Gasteiger partial charge on any atom is 0.387 e. The van der Waals surface area contributed by atoms with Gasteiger partial charge in [-0.3, -0.25) is 4.79 Å². The molecule has 7 heteroatoms. The lowest BCUT2D eigenvalue weighted by molar-refractivity contribution is -0.118. The highest BCUT2D eigenvalue weighted by atomic mass is 19.3. The molecule has 0 bridgehead atoms. The molecule has 0 fully saturated rings. The summed E-state index contributed by atoms with van der Waals surface area (Å²) in [7, 11) is 0. The molecule has 0 spiro atoms. The van der Waals surface area contributed by atoms with Gasteiger partial charge < -0.3 is 9.84 Å². The van der Waals surface area contributed by atoms with Crippen molar-refractivity contribution in [2.24, 2.45) is 15.6 Å². The molecular weight excluding hydrogens is 294 g/mol. The smallest absolute Gasteiger partial charge is 0.387 e. The summed E-state index contributed by atoms with van der Waals surface area (Å²) >= 11 is 0. The summed E-state index contributed by atoms with van der Waals surface area (Å²) in [5, 5.41) is 17.5. The fourth-order valence-electron chi connectivity index (χ4n) is 2.22. The molecule has 0 heterocycles. The molecule has 0 amide bonds. The van der Waals surface area contributed by atoms with Crippen LogP contribution >= 0.6 is 0 Å². The number of nitrogens with zero attached hydrogens (tertiary/aromatic N) is 2. The van der Waals surface area contributed by atoms with Crippen LogP contribution in [0.3, 0.4) is 0 Å². The van der Waals surface area contributed by atoms with E-state index in [2.05, 4.69) is 15.0 Å². The molecule has 2 rings (SSSR count). The zero-order valence-corrected chi connectivity index (χ0v) is 12.2. The number of ether oxygens (including phenoxy) is 1. The van der Waals surface area contributed by atoms with Crippen molar-refractivity contribution in [3.05, 3.63) is 35.7 Å². The topological polar surface area (TPSA) is 71.2 Å². The minimum atomic E-state index is -2.93. The van der Waals surface area contributed by atoms with E-state index >= 15 is 0 Å². The number of alkyl halides is 2. The van der Waals surface area contributed by atoms with Crippen LogP contribution in [0, 0.1) is 5.41 Å². The maximum atomic E-state index is 12.1. The van der Waals surface area contributed by atoms with Crippen molar-refractivity contribution < 1.29 is 23.4 Å². The van der Waals surface area contributed by atoms with Crippen LogP contribution in [0.25, 0.3) is 0 Å². The third-order valence-corrected chi connectivity index (χ3v) is 3.13. The molecule has 0 saturated heterocycles. The molecule has 22 heavy (non-hydrogen) atoms. The molecular formula is C15H16F2N2O3. The molecule has 1 aliphatic rings. The number of carbonyl (C=O) groups is 1. The quantitative estimate of drug-likeness (QED) is 0.830. The van der Waals surface area contributed by atoms with Gasteiger partial charge in [0.15, 0.2) is 11.5 Å². The van der Waals surface area contributed by atoms with Gasteiger partial charge in [-0.25, -0.2) is 0 Å². The second-order valence-electron chi connectivity index (χ2n) is 5.81. The molecule has 1 aliphatic carbocycles. The SMILES string of the molecule is CC1(C)CC(=O)C(N=Nc2cccc(OC(F)F)c2)=C(O)C1. The van der Waals surface area contributed by atoms with Crippen molar-refractivity contribution >= 4 is 11.5 Å². The number of hydrogen-bond acceptors (Lipinski definition) is 5. The minimum Gasteiger partial charge on any atom is -0.510 e. The number of aliphatic hydroxyl groups excluding tert-OH is 1. The average molecular weight is 310 g/mol. The van der Waals surface area contributed by atoms with Crippen molar-refractivity contribution in [3.63, 3.8) is 0 Å². The Morgan fingerprint density at radius 3 is 2.64 bits per heavy atom. The zero-order chi connectivity index (χ0) is 16.3. The number of allylic oxidation sites excluding steroid dienone is 2. The van der Waals surface area contributed by atoms with Crippen LogP contribution in [0.5, 0.6) is 5.75 Å². The second kappa shape index (κ2) is 6.21. The number of halogens is 2. The molecule has 118 valence electrons. The van der Waals surface area contributed by atoms with E-state index in [0.29, 0.717) is 6.42 Å². The lowest BCUT2D eigenvalue weighted by atomic mass is 9.78. The average Bonchev–Trinajstić information content (AvgIpc) is 2.35. The fraction of sp³-hybridized carbons (Fsp3) is 0.400. The number of azo groups is 1. The molecule has 0 atom stereocenters. The molecule has 0 unspecified atom stereocenters. The molecule has 1 N–H and O–H groups in total. The second-order valence-corrected chi connectivity index (χ2v) is 5.81. The maximum absolute atomic E-state index is 12.1. The van der Waals surface area contributed by atoms with Gasteiger partial charge in [-0.2, -0.15) is 13.9 Å². The van der Waals surface area contributed by atoms with Crippen LogP contribution in [0.15, 0.2) is 46.0 Å². The monoisotopic (exact) mass is 310 g/mol. The largest absolute Gasteiger partial charge is 0.510 e. The highest BCUT2D eigenvalue weighted by molar-refractivity contribution is 5.96. The van der Waals surface area contributed by atoms with E-state index in [1.165, 1.54) is 24.3 Å². The van der Waals surface area contributed by atoms with E-state index in [1.807, 2.05) is 13.8 Å². The van der Waals surface area contributed by atoms with Crippen LogP contribution in [-0.4, -0.2) is 17.5 Å². The van der Waals surface area contributed by atoms with Crippen LogP contribution in [0.1, 0.15) is 26.7 Å². The third-order valence-electron chi connectivity index (χ3n) is 3.13. The van der Waals surface area contributed by atoms with E-state index in [-0.39, 0.29) is 40.5 Å². The third kappa shape index (κ3) is 4.09. The first-order valence-electron chi connectivity index (χ1n) is 6.69. The van der Waals surface area contributed by atoms with Crippen LogP contribution < -0.4 is 4.74 Å². The summed E-state index contributed by atoms with van der Waals surface area (Å²) in [4.78, 5) is 12.0. The summed E-state index contributed by atoms with van der Waals surface area (Å²) in [5.74, 6) is -0.455. The van der Waals surface area contributed by atoms with Gasteiger partial charge in [-0.15, -0.1) is 5.11 Å². The van der Waals surface area contributed by atoms with Crippen molar-refractivity contribution in [1.82, 2.24) is 0 Å². The summed E-state index contributed by atoms with van der Waals surface area (Å²) in [6.45, 7) is 0.821. The summed E-state index contributed by atoms with van der Waals surface area (Å²) in [6, 6.07) is 5.63. The highest BCUT2D eigenvalue weighted by Gasteiger charge is 2.33. The van der Waals surface area contributed by atoms with Crippen molar-refractivity contribution in [1.29, 1.82) is 0 Å². The predicted octanol–water partition coefficient (Wildman–Crippen LogP) is 4.53. The van der Waals surface area contributed by atoms with Crippen molar-refractivity contribution in [2.75, 3.05) is 0 Å². The van der Waals surface area contributed by atoms with Gasteiger partial charge in [-0.05, 0) is 17.5 Å². The van der Waals surface area contributed by atoms with Crippen LogP contribution in [0.4, 0.5) is 14.5 Å². The number of aliphatic hydroxyl groups is 1. The minimum absolute atomic E-state index is 0.0549. The van der Waals surface area contributed by atoms with Crippen molar-refractivity contribution in [3.8, 4) is 5.75 Å². The Labute approximate surface area is 126 Å². The van der Waals surface area contributed by atoms with E-state index in [0.717, 1.165) is 0 Å². The Morgan fingerprint density at radius 2 is 2.00 bits per heavy atom. The number of rotatable bonds is 4. The standard InChI is InChI=1S/C15H16F2N2O3/c1-15(2)7-11(20)13(12(21)8-15)19-18-9-4-3-5-10(6-9)22-14(16)17/h3-6,14,20H,7-8H2,1-2H3. The van der Waals surface area contributed by atoms with Crippen LogP contribution in [0.2, 0.25) is 0 Å². The normalized spacial score (nSPS) is 18.3. The number of hydrogen-bond donors (Lipinski definition) is 1. The molecule has 0 aromatic heterocycles. The summed E-state index contributed by atoms with van der Waals surface area (Å²) in [6.07, 6.45) is 0.599. The molecule has 5 nitrogen and oxygen atoms in total. The molecule has 1 aromatic rings. The van der Waals surface area contributed by atoms with E-state index < -0.39 is 6.61 Å². The van der Waals surface area contributed by atoms with Gasteiger partial charge >= 0.3 is 6.61 Å². The van der Waals surface area contributed by atoms with E-state index in [9.17, 15) is 18.7 Å². The molecule has 0 radical (unpaired) electrons. The Morgan fingerprint density at radius 1 is 1.27 bits per heavy atom. The lowest BCUT2D eigenvalue weighted by Gasteiger charge is -2.27. The molecule has 0 aliphatic heterocycles. The fourth-order valence-corrected chi connectivity index (χ4v) is 2.22. The van der Waals surface area contributed by atoms with Crippen molar-refractivity contribution in [2.45, 2.75) is 33.3 Å². The van der Waals surface area contributed by atoms with Gasteiger partial charge in [0.25, 0.3) is 0 Å².